The molecule has 6 heteroatoms. The van der Waals surface area contributed by atoms with Crippen molar-refractivity contribution >= 4 is 15.9 Å². The first-order valence-corrected chi connectivity index (χ1v) is 6.41. The summed E-state index contributed by atoms with van der Waals surface area (Å²) in [6.07, 6.45) is 0. The minimum Gasteiger partial charge on any atom is -0.492 e. The minimum absolute atomic E-state index is 0.581. The number of nitrogens with zero attached hydrogens (tertiary/aromatic N) is 2. The Morgan fingerprint density at radius 1 is 1.33 bits per heavy atom. The zero-order chi connectivity index (χ0) is 12.8. The molecule has 96 valence electrons. The van der Waals surface area contributed by atoms with Crippen molar-refractivity contribution in [1.82, 2.24) is 15.5 Å². The third kappa shape index (κ3) is 4.12. The second-order valence-electron chi connectivity index (χ2n) is 3.71. The second kappa shape index (κ2) is 6.51. The molecular formula is C12H14BrN3O2. The fourth-order valence-corrected chi connectivity index (χ4v) is 1.65. The van der Waals surface area contributed by atoms with Crippen LogP contribution in [0.5, 0.6) is 5.75 Å². The Bertz CT molecular complexity index is 484. The third-order valence-electron chi connectivity index (χ3n) is 2.21. The standard InChI is InChI=1S/C12H14BrN3O2/c1-9-15-12(16-18-9)8-14-6-7-17-11-4-2-10(13)3-5-11/h2-5,14H,6-8H2,1H3. The largest absolute Gasteiger partial charge is 0.492 e. The zero-order valence-electron chi connectivity index (χ0n) is 10.0. The van der Waals surface area contributed by atoms with Gasteiger partial charge in [0, 0.05) is 17.9 Å². The summed E-state index contributed by atoms with van der Waals surface area (Å²) in [4.78, 5) is 4.09. The first-order chi connectivity index (χ1) is 8.74. The number of ether oxygens (including phenoxy) is 1. The molecule has 0 fully saturated rings. The summed E-state index contributed by atoms with van der Waals surface area (Å²) in [5, 5.41) is 6.96. The summed E-state index contributed by atoms with van der Waals surface area (Å²) in [5.74, 6) is 2.10. The Balaban J connectivity index is 1.63. The summed E-state index contributed by atoms with van der Waals surface area (Å²) >= 11 is 3.38. The van der Waals surface area contributed by atoms with Crippen molar-refractivity contribution < 1.29 is 9.26 Å². The van der Waals surface area contributed by atoms with Crippen molar-refractivity contribution in [3.8, 4) is 5.75 Å². The molecule has 0 aliphatic heterocycles. The molecule has 1 aromatic carbocycles. The van der Waals surface area contributed by atoms with E-state index in [2.05, 4.69) is 31.4 Å². The summed E-state index contributed by atoms with van der Waals surface area (Å²) in [5.41, 5.74) is 0. The van der Waals surface area contributed by atoms with E-state index < -0.39 is 0 Å². The van der Waals surface area contributed by atoms with Crippen molar-refractivity contribution in [3.63, 3.8) is 0 Å². The predicted molar refractivity (Wildman–Crippen MR) is 70.4 cm³/mol. The highest BCUT2D eigenvalue weighted by atomic mass is 79.9. The van der Waals surface area contributed by atoms with E-state index in [0.29, 0.717) is 24.9 Å². The molecule has 0 atom stereocenters. The molecule has 0 aliphatic rings. The van der Waals surface area contributed by atoms with Gasteiger partial charge >= 0.3 is 0 Å². The van der Waals surface area contributed by atoms with E-state index in [-0.39, 0.29) is 0 Å². The van der Waals surface area contributed by atoms with Gasteiger partial charge in [0.1, 0.15) is 12.4 Å². The lowest BCUT2D eigenvalue weighted by Crippen LogP contribution is -2.21. The van der Waals surface area contributed by atoms with Gasteiger partial charge in [-0.1, -0.05) is 21.1 Å². The van der Waals surface area contributed by atoms with E-state index in [1.54, 1.807) is 6.92 Å². The number of nitrogens with one attached hydrogen (secondary N) is 1. The average molecular weight is 312 g/mol. The van der Waals surface area contributed by atoms with Crippen LogP contribution in [0.1, 0.15) is 11.7 Å². The minimum atomic E-state index is 0.581. The molecule has 2 rings (SSSR count). The lowest BCUT2D eigenvalue weighted by molar-refractivity contribution is 0.312. The topological polar surface area (TPSA) is 60.2 Å². The first kappa shape index (κ1) is 13.0. The monoisotopic (exact) mass is 311 g/mol. The Labute approximate surface area is 114 Å². The highest BCUT2D eigenvalue weighted by Gasteiger charge is 2.00. The van der Waals surface area contributed by atoms with Gasteiger partial charge < -0.3 is 14.6 Å². The molecule has 18 heavy (non-hydrogen) atoms. The van der Waals surface area contributed by atoms with Gasteiger partial charge in [-0.3, -0.25) is 0 Å². The molecule has 0 aliphatic carbocycles. The van der Waals surface area contributed by atoms with Crippen molar-refractivity contribution in [1.29, 1.82) is 0 Å². The molecule has 5 nitrogen and oxygen atoms in total. The Kier molecular flexibility index (Phi) is 4.72. The van der Waals surface area contributed by atoms with Crippen LogP contribution in [-0.4, -0.2) is 23.3 Å². The van der Waals surface area contributed by atoms with Crippen LogP contribution in [0.2, 0.25) is 0 Å². The number of aromatic nitrogens is 2. The Morgan fingerprint density at radius 2 is 2.11 bits per heavy atom. The van der Waals surface area contributed by atoms with Gasteiger partial charge in [0.15, 0.2) is 5.82 Å². The molecule has 0 unspecified atom stereocenters. The van der Waals surface area contributed by atoms with E-state index in [1.807, 2.05) is 24.3 Å². The van der Waals surface area contributed by atoms with Gasteiger partial charge in [-0.25, -0.2) is 0 Å². The second-order valence-corrected chi connectivity index (χ2v) is 4.62. The lowest BCUT2D eigenvalue weighted by Gasteiger charge is -2.06. The van der Waals surface area contributed by atoms with Crippen molar-refractivity contribution in [3.05, 3.63) is 40.5 Å². The van der Waals surface area contributed by atoms with E-state index in [1.165, 1.54) is 0 Å². The smallest absolute Gasteiger partial charge is 0.223 e. The van der Waals surface area contributed by atoms with Crippen molar-refractivity contribution in [2.75, 3.05) is 13.2 Å². The van der Waals surface area contributed by atoms with E-state index in [9.17, 15) is 0 Å². The molecule has 1 N–H and O–H groups in total. The predicted octanol–water partition coefficient (Wildman–Crippen LogP) is 2.31. The number of hydrogen-bond acceptors (Lipinski definition) is 5. The maximum absolute atomic E-state index is 5.56. The third-order valence-corrected chi connectivity index (χ3v) is 2.74. The molecule has 2 aromatic rings. The van der Waals surface area contributed by atoms with Gasteiger partial charge in [0.05, 0.1) is 6.54 Å². The molecule has 0 radical (unpaired) electrons. The zero-order valence-corrected chi connectivity index (χ0v) is 11.6. The molecule has 0 spiro atoms. The van der Waals surface area contributed by atoms with Crippen molar-refractivity contribution in [2.45, 2.75) is 13.5 Å². The summed E-state index contributed by atoms with van der Waals surface area (Å²) < 4.78 is 11.5. The summed E-state index contributed by atoms with van der Waals surface area (Å²) in [6.45, 7) is 3.68. The van der Waals surface area contributed by atoms with Crippen LogP contribution >= 0.6 is 15.9 Å². The number of rotatable bonds is 6. The van der Waals surface area contributed by atoms with Gasteiger partial charge in [-0.05, 0) is 24.3 Å². The molecule has 1 aromatic heterocycles. The highest BCUT2D eigenvalue weighted by molar-refractivity contribution is 9.10. The van der Waals surface area contributed by atoms with Gasteiger partial charge in [-0.2, -0.15) is 4.98 Å². The Morgan fingerprint density at radius 3 is 2.78 bits per heavy atom. The van der Waals surface area contributed by atoms with Crippen LogP contribution in [0.25, 0.3) is 0 Å². The van der Waals surface area contributed by atoms with E-state index in [0.717, 1.165) is 16.8 Å². The fourth-order valence-electron chi connectivity index (χ4n) is 1.39. The van der Waals surface area contributed by atoms with E-state index in [4.69, 9.17) is 9.26 Å². The molecule has 0 saturated heterocycles. The molecule has 1 heterocycles. The quantitative estimate of drug-likeness (QED) is 0.830. The van der Waals surface area contributed by atoms with Crippen LogP contribution in [0.15, 0.2) is 33.3 Å². The van der Waals surface area contributed by atoms with Gasteiger partial charge in [0.25, 0.3) is 0 Å². The number of hydrogen-bond donors (Lipinski definition) is 1. The molecular weight excluding hydrogens is 298 g/mol. The number of benzene rings is 1. The average Bonchev–Trinajstić information content (AvgIpc) is 2.77. The van der Waals surface area contributed by atoms with Crippen molar-refractivity contribution in [2.24, 2.45) is 0 Å². The SMILES string of the molecule is Cc1nc(CNCCOc2ccc(Br)cc2)no1. The normalized spacial score (nSPS) is 10.6. The van der Waals surface area contributed by atoms with Crippen LogP contribution in [0.4, 0.5) is 0 Å². The maximum atomic E-state index is 5.56. The number of aryl methyl sites for hydroxylation is 1. The van der Waals surface area contributed by atoms with Gasteiger partial charge in [-0.15, -0.1) is 0 Å². The Hall–Kier alpha value is -1.40. The molecule has 0 amide bonds. The summed E-state index contributed by atoms with van der Waals surface area (Å²) in [7, 11) is 0. The van der Waals surface area contributed by atoms with Crippen LogP contribution in [0, 0.1) is 6.92 Å². The van der Waals surface area contributed by atoms with Gasteiger partial charge in [0.2, 0.25) is 5.89 Å². The molecule has 0 bridgehead atoms. The highest BCUT2D eigenvalue weighted by Crippen LogP contribution is 2.15. The van der Waals surface area contributed by atoms with E-state index >= 15 is 0 Å². The van der Waals surface area contributed by atoms with Crippen LogP contribution in [0.3, 0.4) is 0 Å². The first-order valence-electron chi connectivity index (χ1n) is 5.62. The lowest BCUT2D eigenvalue weighted by atomic mass is 10.3. The summed E-state index contributed by atoms with van der Waals surface area (Å²) in [6, 6.07) is 7.75. The molecule has 0 saturated carbocycles. The fraction of sp³-hybridized carbons (Fsp3) is 0.333. The van der Waals surface area contributed by atoms with Crippen LogP contribution < -0.4 is 10.1 Å². The van der Waals surface area contributed by atoms with Crippen LogP contribution in [-0.2, 0) is 6.54 Å². The number of halogens is 1. The maximum Gasteiger partial charge on any atom is 0.223 e.